The van der Waals surface area contributed by atoms with Crippen molar-refractivity contribution in [2.75, 3.05) is 18.5 Å². The summed E-state index contributed by atoms with van der Waals surface area (Å²) in [5, 5.41) is 3.09. The average molecular weight is 293 g/mol. The van der Waals surface area contributed by atoms with Crippen LogP contribution in [-0.4, -0.2) is 25.5 Å². The van der Waals surface area contributed by atoms with E-state index >= 15 is 0 Å². The number of hydrogen-bond acceptors (Lipinski definition) is 3. The summed E-state index contributed by atoms with van der Waals surface area (Å²) < 4.78 is 14.3. The first-order chi connectivity index (χ1) is 9.95. The van der Waals surface area contributed by atoms with Crippen molar-refractivity contribution >= 4 is 11.6 Å². The number of rotatable bonds is 4. The van der Waals surface area contributed by atoms with Crippen LogP contribution in [0.2, 0.25) is 0 Å². The van der Waals surface area contributed by atoms with E-state index in [9.17, 15) is 9.18 Å². The van der Waals surface area contributed by atoms with E-state index in [4.69, 9.17) is 5.73 Å². The van der Waals surface area contributed by atoms with Crippen molar-refractivity contribution in [1.29, 1.82) is 0 Å². The van der Waals surface area contributed by atoms with Crippen LogP contribution in [0, 0.1) is 11.7 Å². The molecule has 2 rings (SSSR count). The molecule has 1 saturated heterocycles. The van der Waals surface area contributed by atoms with E-state index < -0.39 is 0 Å². The van der Waals surface area contributed by atoms with Crippen molar-refractivity contribution < 1.29 is 9.18 Å². The summed E-state index contributed by atoms with van der Waals surface area (Å²) in [5.41, 5.74) is 6.96. The fourth-order valence-electron chi connectivity index (χ4n) is 3.02. The molecule has 0 saturated carbocycles. The Bertz CT molecular complexity index is 520. The lowest BCUT2D eigenvalue weighted by molar-refractivity contribution is -0.122. The maximum atomic E-state index is 14.3. The first-order valence-corrected chi connectivity index (χ1v) is 7.47. The van der Waals surface area contributed by atoms with Gasteiger partial charge in [0.1, 0.15) is 5.82 Å². The van der Waals surface area contributed by atoms with Gasteiger partial charge in [-0.1, -0.05) is 6.07 Å². The molecule has 3 atom stereocenters. The fourth-order valence-corrected chi connectivity index (χ4v) is 3.02. The van der Waals surface area contributed by atoms with Crippen LogP contribution in [0.3, 0.4) is 0 Å². The molecule has 116 valence electrons. The number of nitrogens with two attached hydrogens (primary N) is 1. The van der Waals surface area contributed by atoms with E-state index in [1.807, 2.05) is 20.0 Å². The number of hydrogen-bond donors (Lipinski definition) is 2. The Morgan fingerprint density at radius 3 is 2.81 bits per heavy atom. The number of piperidine rings is 1. The van der Waals surface area contributed by atoms with E-state index in [0.717, 1.165) is 18.5 Å². The minimum Gasteiger partial charge on any atom is -0.369 e. The number of benzene rings is 1. The predicted molar refractivity (Wildman–Crippen MR) is 82.6 cm³/mol. The number of nitrogens with zero attached hydrogens (tertiary/aromatic N) is 1. The number of nitrogens with one attached hydrogen (secondary N) is 1. The van der Waals surface area contributed by atoms with Crippen LogP contribution in [0.1, 0.15) is 38.3 Å². The molecule has 0 aliphatic carbocycles. The number of primary amides is 1. The highest BCUT2D eigenvalue weighted by Gasteiger charge is 2.31. The molecule has 0 spiro atoms. The van der Waals surface area contributed by atoms with Gasteiger partial charge >= 0.3 is 0 Å². The Labute approximate surface area is 125 Å². The van der Waals surface area contributed by atoms with Gasteiger partial charge in [-0.05, 0) is 45.9 Å². The zero-order valence-electron chi connectivity index (χ0n) is 12.9. The molecule has 0 bridgehead atoms. The second kappa shape index (κ2) is 6.43. The van der Waals surface area contributed by atoms with E-state index in [1.54, 1.807) is 6.07 Å². The average Bonchev–Trinajstić information content (AvgIpc) is 2.46. The van der Waals surface area contributed by atoms with Crippen LogP contribution < -0.4 is 16.0 Å². The summed E-state index contributed by atoms with van der Waals surface area (Å²) in [6, 6.07) is 5.29. The molecule has 0 radical (unpaired) electrons. The molecular weight excluding hydrogens is 269 g/mol. The summed E-state index contributed by atoms with van der Waals surface area (Å²) in [5.74, 6) is -0.656. The second-order valence-electron chi connectivity index (χ2n) is 5.86. The van der Waals surface area contributed by atoms with Gasteiger partial charge in [0.15, 0.2) is 0 Å². The van der Waals surface area contributed by atoms with E-state index in [2.05, 4.69) is 17.1 Å². The molecule has 1 heterocycles. The molecule has 1 aromatic rings. The van der Waals surface area contributed by atoms with E-state index in [-0.39, 0.29) is 29.7 Å². The molecule has 1 aliphatic rings. The number of carbonyl (C=O) groups is 1. The molecule has 21 heavy (non-hydrogen) atoms. The standard InChI is InChI=1S/C16H24FN3O/c1-10-7-8-12(16(18)21)9-20(10)14-6-4-5-13(17)15(14)11(2)19-3/h4-6,10-12,19H,7-9H2,1-3H3,(H2,18,21). The molecule has 4 nitrogen and oxygen atoms in total. The van der Waals surface area contributed by atoms with Gasteiger partial charge in [0, 0.05) is 29.9 Å². The normalized spacial score (nSPS) is 23.9. The highest BCUT2D eigenvalue weighted by molar-refractivity contribution is 5.78. The highest BCUT2D eigenvalue weighted by atomic mass is 19.1. The molecule has 1 amide bonds. The summed E-state index contributed by atoms with van der Waals surface area (Å²) >= 11 is 0. The third-order valence-corrected chi connectivity index (χ3v) is 4.49. The van der Waals surface area contributed by atoms with Gasteiger partial charge < -0.3 is 16.0 Å². The molecule has 5 heteroatoms. The van der Waals surface area contributed by atoms with Gasteiger partial charge in [0.05, 0.1) is 5.92 Å². The van der Waals surface area contributed by atoms with Gasteiger partial charge in [-0.25, -0.2) is 4.39 Å². The third-order valence-electron chi connectivity index (χ3n) is 4.49. The third kappa shape index (κ3) is 3.18. The number of halogens is 1. The Balaban J connectivity index is 2.39. The Kier molecular flexibility index (Phi) is 4.83. The zero-order chi connectivity index (χ0) is 15.6. The quantitative estimate of drug-likeness (QED) is 0.894. The van der Waals surface area contributed by atoms with Crippen LogP contribution in [-0.2, 0) is 4.79 Å². The predicted octanol–water partition coefficient (Wildman–Crippen LogP) is 2.20. The lowest BCUT2D eigenvalue weighted by Crippen LogP contribution is -2.46. The van der Waals surface area contributed by atoms with Gasteiger partial charge in [-0.2, -0.15) is 0 Å². The molecule has 1 fully saturated rings. The van der Waals surface area contributed by atoms with Crippen molar-refractivity contribution in [2.45, 2.75) is 38.8 Å². The number of carbonyl (C=O) groups excluding carboxylic acids is 1. The van der Waals surface area contributed by atoms with Crippen LogP contribution in [0.5, 0.6) is 0 Å². The Morgan fingerprint density at radius 2 is 2.19 bits per heavy atom. The van der Waals surface area contributed by atoms with Crippen LogP contribution >= 0.6 is 0 Å². The largest absolute Gasteiger partial charge is 0.369 e. The van der Waals surface area contributed by atoms with Crippen molar-refractivity contribution in [1.82, 2.24) is 5.32 Å². The number of amides is 1. The summed E-state index contributed by atoms with van der Waals surface area (Å²) in [4.78, 5) is 13.6. The van der Waals surface area contributed by atoms with Gasteiger partial charge in [-0.15, -0.1) is 0 Å². The van der Waals surface area contributed by atoms with Crippen molar-refractivity contribution in [3.63, 3.8) is 0 Å². The van der Waals surface area contributed by atoms with Crippen LogP contribution in [0.4, 0.5) is 10.1 Å². The second-order valence-corrected chi connectivity index (χ2v) is 5.86. The first-order valence-electron chi connectivity index (χ1n) is 7.47. The maximum Gasteiger partial charge on any atom is 0.222 e. The SMILES string of the molecule is CNC(C)c1c(F)cccc1N1CC(C(N)=O)CCC1C. The zero-order valence-corrected chi connectivity index (χ0v) is 12.9. The Hall–Kier alpha value is -1.62. The lowest BCUT2D eigenvalue weighted by atomic mass is 9.91. The smallest absolute Gasteiger partial charge is 0.222 e. The summed E-state index contributed by atoms with van der Waals surface area (Å²) in [6.07, 6.45) is 1.69. The maximum absolute atomic E-state index is 14.3. The minimum atomic E-state index is -0.272. The minimum absolute atomic E-state index is 0.0950. The molecule has 1 aromatic carbocycles. The first kappa shape index (κ1) is 15.8. The molecule has 3 N–H and O–H groups in total. The molecular formula is C16H24FN3O. The number of anilines is 1. The van der Waals surface area contributed by atoms with Crippen molar-refractivity contribution in [2.24, 2.45) is 11.7 Å². The summed E-state index contributed by atoms with van der Waals surface area (Å²) in [6.45, 7) is 4.60. The Morgan fingerprint density at radius 1 is 1.48 bits per heavy atom. The molecule has 0 aromatic heterocycles. The summed E-state index contributed by atoms with van der Waals surface area (Å²) in [7, 11) is 1.81. The molecule has 1 aliphatic heterocycles. The van der Waals surface area contributed by atoms with Gasteiger partial charge in [-0.3, -0.25) is 4.79 Å². The molecule has 3 unspecified atom stereocenters. The van der Waals surface area contributed by atoms with Crippen LogP contribution in [0.15, 0.2) is 18.2 Å². The monoisotopic (exact) mass is 293 g/mol. The van der Waals surface area contributed by atoms with Gasteiger partial charge in [0.2, 0.25) is 5.91 Å². The topological polar surface area (TPSA) is 58.4 Å². The lowest BCUT2D eigenvalue weighted by Gasteiger charge is -2.40. The fraction of sp³-hybridized carbons (Fsp3) is 0.562. The van der Waals surface area contributed by atoms with Crippen molar-refractivity contribution in [3.05, 3.63) is 29.6 Å². The highest BCUT2D eigenvalue weighted by Crippen LogP contribution is 2.34. The van der Waals surface area contributed by atoms with E-state index in [0.29, 0.717) is 12.1 Å². The van der Waals surface area contributed by atoms with Crippen molar-refractivity contribution in [3.8, 4) is 0 Å². The van der Waals surface area contributed by atoms with Gasteiger partial charge in [0.25, 0.3) is 0 Å². The van der Waals surface area contributed by atoms with E-state index in [1.165, 1.54) is 6.07 Å². The van der Waals surface area contributed by atoms with Crippen LogP contribution in [0.25, 0.3) is 0 Å².